The van der Waals surface area contributed by atoms with Crippen LogP contribution in [-0.4, -0.2) is 40.3 Å². The predicted octanol–water partition coefficient (Wildman–Crippen LogP) is 2.85. The SMILES string of the molecule is CCC(CC)CNC(=NC)NCCc1ccc(OC)c(OC)c1. The monoisotopic (exact) mass is 321 g/mol. The van der Waals surface area contributed by atoms with Gasteiger partial charge in [0.25, 0.3) is 0 Å². The summed E-state index contributed by atoms with van der Waals surface area (Å²) in [5.74, 6) is 3.07. The van der Waals surface area contributed by atoms with E-state index in [0.717, 1.165) is 37.0 Å². The van der Waals surface area contributed by atoms with Gasteiger partial charge in [-0.15, -0.1) is 0 Å². The van der Waals surface area contributed by atoms with Crippen molar-refractivity contribution in [3.8, 4) is 11.5 Å². The van der Waals surface area contributed by atoms with Gasteiger partial charge in [0, 0.05) is 20.1 Å². The molecule has 0 aliphatic heterocycles. The lowest BCUT2D eigenvalue weighted by Crippen LogP contribution is -2.40. The zero-order valence-electron chi connectivity index (χ0n) is 15.1. The van der Waals surface area contributed by atoms with Gasteiger partial charge in [-0.25, -0.2) is 0 Å². The second-order valence-corrected chi connectivity index (χ2v) is 5.50. The molecule has 0 spiro atoms. The van der Waals surface area contributed by atoms with Crippen LogP contribution in [-0.2, 0) is 6.42 Å². The molecular formula is C18H31N3O2. The third kappa shape index (κ3) is 6.38. The molecule has 5 heteroatoms. The second-order valence-electron chi connectivity index (χ2n) is 5.50. The van der Waals surface area contributed by atoms with Crippen molar-refractivity contribution in [3.05, 3.63) is 23.8 Å². The molecule has 0 aromatic heterocycles. The summed E-state index contributed by atoms with van der Waals surface area (Å²) in [6.07, 6.45) is 3.27. The zero-order chi connectivity index (χ0) is 17.1. The Bertz CT molecular complexity index is 485. The van der Waals surface area contributed by atoms with Crippen molar-refractivity contribution in [1.29, 1.82) is 0 Å². The van der Waals surface area contributed by atoms with Gasteiger partial charge in [0.05, 0.1) is 14.2 Å². The summed E-state index contributed by atoms with van der Waals surface area (Å²) < 4.78 is 10.6. The molecule has 1 aromatic rings. The maximum absolute atomic E-state index is 5.33. The molecule has 0 radical (unpaired) electrons. The average Bonchev–Trinajstić information content (AvgIpc) is 2.60. The zero-order valence-corrected chi connectivity index (χ0v) is 15.1. The fourth-order valence-corrected chi connectivity index (χ4v) is 2.40. The molecule has 1 aromatic carbocycles. The van der Waals surface area contributed by atoms with E-state index in [1.807, 2.05) is 12.1 Å². The van der Waals surface area contributed by atoms with Crippen LogP contribution < -0.4 is 20.1 Å². The fourth-order valence-electron chi connectivity index (χ4n) is 2.40. The number of rotatable bonds is 9. The maximum atomic E-state index is 5.33. The van der Waals surface area contributed by atoms with Gasteiger partial charge in [-0.05, 0) is 30.0 Å². The number of methoxy groups -OCH3 is 2. The number of nitrogens with zero attached hydrogens (tertiary/aromatic N) is 1. The third-order valence-electron chi connectivity index (χ3n) is 4.09. The first-order valence-electron chi connectivity index (χ1n) is 8.33. The molecule has 0 saturated heterocycles. The molecule has 0 atom stereocenters. The number of hydrogen-bond acceptors (Lipinski definition) is 3. The van der Waals surface area contributed by atoms with Crippen LogP contribution in [0.1, 0.15) is 32.3 Å². The van der Waals surface area contributed by atoms with Gasteiger partial charge in [-0.3, -0.25) is 4.99 Å². The van der Waals surface area contributed by atoms with Crippen LogP contribution in [0.5, 0.6) is 11.5 Å². The molecule has 0 unspecified atom stereocenters. The molecule has 23 heavy (non-hydrogen) atoms. The molecule has 0 aliphatic rings. The molecule has 0 bridgehead atoms. The van der Waals surface area contributed by atoms with Gasteiger partial charge in [0.2, 0.25) is 0 Å². The van der Waals surface area contributed by atoms with Crippen LogP contribution in [0.15, 0.2) is 23.2 Å². The molecule has 0 amide bonds. The largest absolute Gasteiger partial charge is 0.493 e. The molecule has 0 saturated carbocycles. The van der Waals surface area contributed by atoms with E-state index in [4.69, 9.17) is 9.47 Å². The second kappa shape index (κ2) is 10.8. The van der Waals surface area contributed by atoms with Crippen molar-refractivity contribution in [3.63, 3.8) is 0 Å². The number of benzene rings is 1. The van der Waals surface area contributed by atoms with Gasteiger partial charge < -0.3 is 20.1 Å². The lowest BCUT2D eigenvalue weighted by molar-refractivity contribution is 0.354. The lowest BCUT2D eigenvalue weighted by Gasteiger charge is -2.17. The summed E-state index contributed by atoms with van der Waals surface area (Å²) >= 11 is 0. The Balaban J connectivity index is 2.45. The van der Waals surface area contributed by atoms with Crippen LogP contribution in [0.4, 0.5) is 0 Å². The van der Waals surface area contributed by atoms with E-state index < -0.39 is 0 Å². The smallest absolute Gasteiger partial charge is 0.190 e. The van der Waals surface area contributed by atoms with Crippen LogP contribution in [0.2, 0.25) is 0 Å². The molecule has 0 fully saturated rings. The maximum Gasteiger partial charge on any atom is 0.190 e. The van der Waals surface area contributed by atoms with E-state index in [-0.39, 0.29) is 0 Å². The van der Waals surface area contributed by atoms with E-state index in [9.17, 15) is 0 Å². The van der Waals surface area contributed by atoms with E-state index in [0.29, 0.717) is 5.92 Å². The third-order valence-corrected chi connectivity index (χ3v) is 4.09. The molecule has 2 N–H and O–H groups in total. The van der Waals surface area contributed by atoms with Gasteiger partial charge in [0.15, 0.2) is 17.5 Å². The lowest BCUT2D eigenvalue weighted by atomic mass is 10.0. The van der Waals surface area contributed by atoms with Crippen molar-refractivity contribution >= 4 is 5.96 Å². The summed E-state index contributed by atoms with van der Waals surface area (Å²) in [6.45, 7) is 6.23. The Hall–Kier alpha value is -1.91. The molecule has 130 valence electrons. The first-order valence-corrected chi connectivity index (χ1v) is 8.33. The highest BCUT2D eigenvalue weighted by molar-refractivity contribution is 5.79. The van der Waals surface area contributed by atoms with E-state index in [1.54, 1.807) is 21.3 Å². The van der Waals surface area contributed by atoms with Gasteiger partial charge in [-0.1, -0.05) is 32.8 Å². The summed E-state index contributed by atoms with van der Waals surface area (Å²) in [6, 6.07) is 6.01. The van der Waals surface area contributed by atoms with Crippen molar-refractivity contribution in [2.45, 2.75) is 33.1 Å². The normalized spacial score (nSPS) is 11.5. The summed E-state index contributed by atoms with van der Waals surface area (Å²) in [7, 11) is 5.11. The number of guanidine groups is 1. The fraction of sp³-hybridized carbons (Fsp3) is 0.611. The summed E-state index contributed by atoms with van der Waals surface area (Å²) in [5, 5.41) is 6.75. The molecule has 0 aliphatic carbocycles. The van der Waals surface area contributed by atoms with Gasteiger partial charge in [0.1, 0.15) is 0 Å². The highest BCUT2D eigenvalue weighted by Crippen LogP contribution is 2.27. The van der Waals surface area contributed by atoms with E-state index >= 15 is 0 Å². The van der Waals surface area contributed by atoms with Crippen LogP contribution in [0.25, 0.3) is 0 Å². The molecule has 5 nitrogen and oxygen atoms in total. The quantitative estimate of drug-likeness (QED) is 0.542. The van der Waals surface area contributed by atoms with Gasteiger partial charge in [-0.2, -0.15) is 0 Å². The van der Waals surface area contributed by atoms with Crippen molar-refractivity contribution in [2.24, 2.45) is 10.9 Å². The number of nitrogens with one attached hydrogen (secondary N) is 2. The minimum absolute atomic E-state index is 0.694. The van der Waals surface area contributed by atoms with E-state index in [1.165, 1.54) is 18.4 Å². The Labute approximate surface area is 140 Å². The topological polar surface area (TPSA) is 54.9 Å². The van der Waals surface area contributed by atoms with Crippen molar-refractivity contribution in [1.82, 2.24) is 10.6 Å². The molecule has 0 heterocycles. The minimum Gasteiger partial charge on any atom is -0.493 e. The van der Waals surface area contributed by atoms with Crippen molar-refractivity contribution < 1.29 is 9.47 Å². The Morgan fingerprint density at radius 3 is 2.35 bits per heavy atom. The average molecular weight is 321 g/mol. The Morgan fingerprint density at radius 2 is 1.78 bits per heavy atom. The highest BCUT2D eigenvalue weighted by Gasteiger charge is 2.06. The number of hydrogen-bond donors (Lipinski definition) is 2. The van der Waals surface area contributed by atoms with Crippen LogP contribution in [0.3, 0.4) is 0 Å². The highest BCUT2D eigenvalue weighted by atomic mass is 16.5. The van der Waals surface area contributed by atoms with E-state index in [2.05, 4.69) is 35.5 Å². The Kier molecular flexibility index (Phi) is 8.95. The summed E-state index contributed by atoms with van der Waals surface area (Å²) in [4.78, 5) is 4.27. The van der Waals surface area contributed by atoms with Crippen molar-refractivity contribution in [2.75, 3.05) is 34.4 Å². The number of ether oxygens (including phenoxy) is 2. The minimum atomic E-state index is 0.694. The first kappa shape index (κ1) is 19.1. The predicted molar refractivity (Wildman–Crippen MR) is 96.7 cm³/mol. The first-order chi connectivity index (χ1) is 11.2. The number of aliphatic imine (C=N–C) groups is 1. The molecule has 1 rings (SSSR count). The Morgan fingerprint density at radius 1 is 1.09 bits per heavy atom. The van der Waals surface area contributed by atoms with Gasteiger partial charge >= 0.3 is 0 Å². The standard InChI is InChI=1S/C18H31N3O2/c1-6-14(7-2)13-21-18(19-3)20-11-10-15-8-9-16(22-4)17(12-15)23-5/h8-9,12,14H,6-7,10-11,13H2,1-5H3,(H2,19,20,21). The van der Waals surface area contributed by atoms with Crippen LogP contribution >= 0.6 is 0 Å². The van der Waals surface area contributed by atoms with Crippen LogP contribution in [0, 0.1) is 5.92 Å². The molecular weight excluding hydrogens is 290 g/mol. The summed E-state index contributed by atoms with van der Waals surface area (Å²) in [5.41, 5.74) is 1.20.